The van der Waals surface area contributed by atoms with Crippen LogP contribution in [0, 0.1) is 13.8 Å². The lowest BCUT2D eigenvalue weighted by Crippen LogP contribution is -2.15. The molecule has 0 radical (unpaired) electrons. The number of hydrogen-bond donors (Lipinski definition) is 0. The number of nitrogens with zero attached hydrogens (tertiary/aromatic N) is 1. The molecule has 0 amide bonds. The van der Waals surface area contributed by atoms with E-state index in [1.165, 1.54) is 71.3 Å². The summed E-state index contributed by atoms with van der Waals surface area (Å²) in [6, 6.07) is 38.2. The van der Waals surface area contributed by atoms with Gasteiger partial charge in [-0.15, -0.1) is 0 Å². The lowest BCUT2D eigenvalue weighted by molar-refractivity contribution is 0.393. The zero-order valence-corrected chi connectivity index (χ0v) is 23.2. The molecule has 2 heteroatoms. The Morgan fingerprint density at radius 1 is 0.550 bits per heavy atom. The van der Waals surface area contributed by atoms with Crippen LogP contribution in [0.15, 0.2) is 108 Å². The SMILES string of the molecule is Cc1noc(C)c1-c1c2ccccc2c(-c2ccc3c(c2)C(C)(C)c2cc4ccccc4cc2-3)c2ccccc12. The Morgan fingerprint density at radius 2 is 1.10 bits per heavy atom. The van der Waals surface area contributed by atoms with Crippen LogP contribution in [-0.2, 0) is 5.41 Å². The standard InChI is InChI=1S/C38H29NO/c1-22-35(23(2)40-39-22)37-30-15-9-7-13-28(30)36(29-14-8-10-16-31(29)37)26-17-18-27-32-19-24-11-5-6-12-25(24)20-34(32)38(3,4)33(27)21-26/h5-21H,1-4H3. The van der Waals surface area contributed by atoms with Crippen LogP contribution in [0.3, 0.4) is 0 Å². The topological polar surface area (TPSA) is 26.0 Å². The lowest BCUT2D eigenvalue weighted by Gasteiger charge is -2.23. The molecule has 0 fully saturated rings. The van der Waals surface area contributed by atoms with Crippen molar-refractivity contribution in [2.45, 2.75) is 33.1 Å². The van der Waals surface area contributed by atoms with Crippen LogP contribution in [-0.4, -0.2) is 5.16 Å². The molecule has 40 heavy (non-hydrogen) atoms. The van der Waals surface area contributed by atoms with Crippen molar-refractivity contribution in [3.8, 4) is 33.4 Å². The summed E-state index contributed by atoms with van der Waals surface area (Å²) >= 11 is 0. The molecule has 1 aromatic heterocycles. The second-order valence-corrected chi connectivity index (χ2v) is 11.7. The number of aryl methyl sites for hydroxylation is 2. The van der Waals surface area contributed by atoms with E-state index in [9.17, 15) is 0 Å². The van der Waals surface area contributed by atoms with E-state index >= 15 is 0 Å². The van der Waals surface area contributed by atoms with Crippen molar-refractivity contribution in [2.75, 3.05) is 0 Å². The molecule has 0 aliphatic heterocycles. The molecule has 1 aliphatic carbocycles. The Kier molecular flexibility index (Phi) is 4.74. The normalized spacial score (nSPS) is 13.7. The molecule has 192 valence electrons. The van der Waals surface area contributed by atoms with Gasteiger partial charge in [-0.25, -0.2) is 0 Å². The maximum atomic E-state index is 5.64. The van der Waals surface area contributed by atoms with Crippen molar-refractivity contribution in [1.82, 2.24) is 5.16 Å². The highest BCUT2D eigenvalue weighted by atomic mass is 16.5. The molecular weight excluding hydrogens is 486 g/mol. The summed E-state index contributed by atoms with van der Waals surface area (Å²) < 4.78 is 5.64. The van der Waals surface area contributed by atoms with Gasteiger partial charge in [0, 0.05) is 16.5 Å². The number of rotatable bonds is 2. The van der Waals surface area contributed by atoms with Gasteiger partial charge in [-0.1, -0.05) is 104 Å². The molecule has 0 spiro atoms. The van der Waals surface area contributed by atoms with Gasteiger partial charge >= 0.3 is 0 Å². The first-order valence-electron chi connectivity index (χ1n) is 14.0. The van der Waals surface area contributed by atoms with E-state index in [-0.39, 0.29) is 5.41 Å². The summed E-state index contributed by atoms with van der Waals surface area (Å²) in [7, 11) is 0. The second-order valence-electron chi connectivity index (χ2n) is 11.7. The van der Waals surface area contributed by atoms with Gasteiger partial charge in [-0.2, -0.15) is 0 Å². The van der Waals surface area contributed by atoms with Gasteiger partial charge < -0.3 is 4.52 Å². The predicted octanol–water partition coefficient (Wildman–Crippen LogP) is 10.4. The zero-order valence-electron chi connectivity index (χ0n) is 23.2. The smallest absolute Gasteiger partial charge is 0.141 e. The van der Waals surface area contributed by atoms with Crippen molar-refractivity contribution in [1.29, 1.82) is 0 Å². The molecular formula is C38H29NO. The van der Waals surface area contributed by atoms with Crippen LogP contribution >= 0.6 is 0 Å². The van der Waals surface area contributed by atoms with E-state index in [1.807, 2.05) is 13.8 Å². The molecule has 0 atom stereocenters. The molecule has 8 rings (SSSR count). The molecule has 7 aromatic rings. The van der Waals surface area contributed by atoms with Crippen LogP contribution in [0.1, 0.15) is 36.4 Å². The summed E-state index contributed by atoms with van der Waals surface area (Å²) in [4.78, 5) is 0. The highest BCUT2D eigenvalue weighted by Crippen LogP contribution is 2.52. The first-order chi connectivity index (χ1) is 19.4. The predicted molar refractivity (Wildman–Crippen MR) is 167 cm³/mol. The summed E-state index contributed by atoms with van der Waals surface area (Å²) in [6.07, 6.45) is 0. The van der Waals surface area contributed by atoms with Gasteiger partial charge in [0.1, 0.15) is 5.76 Å². The fraction of sp³-hybridized carbons (Fsp3) is 0.132. The van der Waals surface area contributed by atoms with Crippen molar-refractivity contribution >= 4 is 32.3 Å². The van der Waals surface area contributed by atoms with Gasteiger partial charge in [0.25, 0.3) is 0 Å². The van der Waals surface area contributed by atoms with E-state index in [4.69, 9.17) is 4.52 Å². The average molecular weight is 516 g/mol. The molecule has 0 saturated heterocycles. The van der Waals surface area contributed by atoms with Crippen molar-refractivity contribution in [2.24, 2.45) is 0 Å². The zero-order chi connectivity index (χ0) is 27.2. The van der Waals surface area contributed by atoms with E-state index in [0.717, 1.165) is 17.0 Å². The molecule has 0 saturated carbocycles. The van der Waals surface area contributed by atoms with Gasteiger partial charge in [0.15, 0.2) is 0 Å². The molecule has 0 N–H and O–H groups in total. The third kappa shape index (κ3) is 3.08. The third-order valence-corrected chi connectivity index (χ3v) is 9.05. The average Bonchev–Trinajstić information content (AvgIpc) is 3.42. The Balaban J connectivity index is 1.43. The number of aromatic nitrogens is 1. The summed E-state index contributed by atoms with van der Waals surface area (Å²) in [6.45, 7) is 8.78. The molecule has 6 aromatic carbocycles. The highest BCUT2D eigenvalue weighted by molar-refractivity contribution is 6.21. The molecule has 2 nitrogen and oxygen atoms in total. The Hall–Kier alpha value is -4.69. The quantitative estimate of drug-likeness (QED) is 0.214. The molecule has 0 bridgehead atoms. The van der Waals surface area contributed by atoms with E-state index in [1.54, 1.807) is 0 Å². The summed E-state index contributed by atoms with van der Waals surface area (Å²) in [5.41, 5.74) is 11.1. The maximum Gasteiger partial charge on any atom is 0.141 e. The minimum absolute atomic E-state index is 0.0903. The van der Waals surface area contributed by atoms with Crippen LogP contribution in [0.5, 0.6) is 0 Å². The van der Waals surface area contributed by atoms with Crippen LogP contribution in [0.4, 0.5) is 0 Å². The molecule has 1 heterocycles. The van der Waals surface area contributed by atoms with Gasteiger partial charge in [0.05, 0.1) is 5.69 Å². The number of benzene rings is 6. The van der Waals surface area contributed by atoms with Gasteiger partial charge in [-0.05, 0) is 97.7 Å². The minimum atomic E-state index is -0.0903. The van der Waals surface area contributed by atoms with Gasteiger partial charge in [0.2, 0.25) is 0 Å². The minimum Gasteiger partial charge on any atom is -0.361 e. The molecule has 1 aliphatic rings. The van der Waals surface area contributed by atoms with Crippen molar-refractivity contribution < 1.29 is 4.52 Å². The largest absolute Gasteiger partial charge is 0.361 e. The van der Waals surface area contributed by atoms with Gasteiger partial charge in [-0.3, -0.25) is 0 Å². The van der Waals surface area contributed by atoms with E-state index in [2.05, 4.69) is 122 Å². The first-order valence-corrected chi connectivity index (χ1v) is 14.0. The number of fused-ring (bicyclic) bond motifs is 6. The highest BCUT2D eigenvalue weighted by Gasteiger charge is 2.36. The van der Waals surface area contributed by atoms with Crippen LogP contribution in [0.25, 0.3) is 65.7 Å². The lowest BCUT2D eigenvalue weighted by atomic mass is 9.80. The Labute approximate surface area is 233 Å². The van der Waals surface area contributed by atoms with E-state index < -0.39 is 0 Å². The summed E-state index contributed by atoms with van der Waals surface area (Å²) in [5.74, 6) is 0.852. The van der Waals surface area contributed by atoms with Crippen molar-refractivity contribution in [3.05, 3.63) is 126 Å². The Bertz CT molecular complexity index is 2080. The van der Waals surface area contributed by atoms with Crippen LogP contribution < -0.4 is 0 Å². The second kappa shape index (κ2) is 8.16. The monoisotopic (exact) mass is 515 g/mol. The first kappa shape index (κ1) is 23.2. The van der Waals surface area contributed by atoms with E-state index in [0.29, 0.717) is 0 Å². The third-order valence-electron chi connectivity index (χ3n) is 9.05. The van der Waals surface area contributed by atoms with Crippen molar-refractivity contribution in [3.63, 3.8) is 0 Å². The summed E-state index contributed by atoms with van der Waals surface area (Å²) in [5, 5.41) is 11.8. The number of hydrogen-bond acceptors (Lipinski definition) is 2. The maximum absolute atomic E-state index is 5.64. The molecule has 0 unspecified atom stereocenters. The van der Waals surface area contributed by atoms with Crippen LogP contribution in [0.2, 0.25) is 0 Å². The Morgan fingerprint density at radius 3 is 1.70 bits per heavy atom. The fourth-order valence-electron chi connectivity index (χ4n) is 7.13. The fourth-order valence-corrected chi connectivity index (χ4v) is 7.13.